The molecule has 0 aliphatic carbocycles. The van der Waals surface area contributed by atoms with Crippen molar-refractivity contribution in [2.24, 2.45) is 0 Å². The van der Waals surface area contributed by atoms with Crippen molar-refractivity contribution in [3.05, 3.63) is 70.3 Å². The minimum Gasteiger partial charge on any atom is -0.352 e. The lowest BCUT2D eigenvalue weighted by Crippen LogP contribution is -2.34. The second-order valence-corrected chi connectivity index (χ2v) is 7.62. The van der Waals surface area contributed by atoms with Crippen LogP contribution in [0.3, 0.4) is 0 Å². The number of imide groups is 1. The highest BCUT2D eigenvalue weighted by atomic mass is 16.2. The molecule has 0 radical (unpaired) electrons. The summed E-state index contributed by atoms with van der Waals surface area (Å²) in [4.78, 5) is 40.6. The summed E-state index contributed by atoms with van der Waals surface area (Å²) in [5.41, 5.74) is 4.02. The fourth-order valence-electron chi connectivity index (χ4n) is 3.58. The molecule has 0 spiro atoms. The van der Waals surface area contributed by atoms with E-state index in [1.807, 2.05) is 25.1 Å². The van der Waals surface area contributed by atoms with Crippen molar-refractivity contribution in [3.8, 4) is 0 Å². The fraction of sp³-hybridized carbons (Fsp3) is 0.375. The zero-order valence-corrected chi connectivity index (χ0v) is 17.9. The van der Waals surface area contributed by atoms with E-state index in [-0.39, 0.29) is 30.7 Å². The van der Waals surface area contributed by atoms with Crippen molar-refractivity contribution in [1.82, 2.24) is 15.1 Å². The average Bonchev–Trinajstić information content (AvgIpc) is 2.99. The normalized spacial score (nSPS) is 13.1. The van der Waals surface area contributed by atoms with Crippen molar-refractivity contribution >= 4 is 17.7 Å². The minimum atomic E-state index is -0.327. The van der Waals surface area contributed by atoms with Crippen LogP contribution in [0.4, 0.5) is 0 Å². The molecule has 0 bridgehead atoms. The van der Waals surface area contributed by atoms with Crippen LogP contribution in [0.1, 0.15) is 57.7 Å². The van der Waals surface area contributed by atoms with Gasteiger partial charge in [-0.2, -0.15) is 0 Å². The average molecular weight is 408 g/mol. The highest BCUT2D eigenvalue weighted by Gasteiger charge is 2.35. The molecule has 0 unspecified atom stereocenters. The molecule has 1 aliphatic heterocycles. The summed E-state index contributed by atoms with van der Waals surface area (Å²) in [7, 11) is 0. The second kappa shape index (κ2) is 9.67. The Hall–Kier alpha value is -2.99. The largest absolute Gasteiger partial charge is 0.352 e. The van der Waals surface area contributed by atoms with Crippen LogP contribution in [-0.2, 0) is 17.9 Å². The van der Waals surface area contributed by atoms with Gasteiger partial charge in [-0.1, -0.05) is 49.7 Å². The molecule has 30 heavy (non-hydrogen) atoms. The van der Waals surface area contributed by atoms with E-state index in [2.05, 4.69) is 36.2 Å². The predicted octanol–water partition coefficient (Wildman–Crippen LogP) is 3.14. The van der Waals surface area contributed by atoms with Gasteiger partial charge in [0.15, 0.2) is 0 Å². The number of rotatable bonds is 9. The number of nitrogens with one attached hydrogen (secondary N) is 1. The van der Waals surface area contributed by atoms with E-state index in [0.717, 1.165) is 35.7 Å². The van der Waals surface area contributed by atoms with Gasteiger partial charge < -0.3 is 5.32 Å². The summed E-state index contributed by atoms with van der Waals surface area (Å²) in [6.07, 6.45) is 0.0878. The van der Waals surface area contributed by atoms with E-state index >= 15 is 0 Å². The van der Waals surface area contributed by atoms with Crippen LogP contribution in [0.5, 0.6) is 0 Å². The van der Waals surface area contributed by atoms with Crippen molar-refractivity contribution in [1.29, 1.82) is 0 Å². The van der Waals surface area contributed by atoms with Gasteiger partial charge in [-0.15, -0.1) is 0 Å². The maximum Gasteiger partial charge on any atom is 0.261 e. The van der Waals surface area contributed by atoms with Gasteiger partial charge in [0, 0.05) is 26.1 Å². The number of hydrogen-bond donors (Lipinski definition) is 1. The van der Waals surface area contributed by atoms with Gasteiger partial charge in [0.25, 0.3) is 11.8 Å². The molecular formula is C24H29N3O3. The highest BCUT2D eigenvalue weighted by Crippen LogP contribution is 2.23. The van der Waals surface area contributed by atoms with Crippen LogP contribution < -0.4 is 5.32 Å². The third-order valence-corrected chi connectivity index (χ3v) is 5.50. The Morgan fingerprint density at radius 3 is 2.23 bits per heavy atom. The summed E-state index contributed by atoms with van der Waals surface area (Å²) in [5, 5.41) is 2.87. The molecule has 0 fully saturated rings. The summed E-state index contributed by atoms with van der Waals surface area (Å²) in [5.74, 6) is -0.836. The first-order valence-electron chi connectivity index (χ1n) is 10.5. The minimum absolute atomic E-state index is 0.0834. The molecule has 0 saturated heterocycles. The van der Waals surface area contributed by atoms with Crippen molar-refractivity contribution in [2.45, 2.75) is 40.3 Å². The van der Waals surface area contributed by atoms with Crippen molar-refractivity contribution in [2.75, 3.05) is 19.6 Å². The topological polar surface area (TPSA) is 69.7 Å². The van der Waals surface area contributed by atoms with Crippen LogP contribution in [0, 0.1) is 6.92 Å². The Labute approximate surface area is 177 Å². The van der Waals surface area contributed by atoms with E-state index in [9.17, 15) is 14.4 Å². The summed E-state index contributed by atoms with van der Waals surface area (Å²) < 4.78 is 0. The van der Waals surface area contributed by atoms with E-state index in [1.165, 1.54) is 5.56 Å². The first kappa shape index (κ1) is 21.7. The van der Waals surface area contributed by atoms with Gasteiger partial charge in [-0.25, -0.2) is 0 Å². The lowest BCUT2D eigenvalue weighted by Gasteiger charge is -2.18. The van der Waals surface area contributed by atoms with Gasteiger partial charge in [-0.3, -0.25) is 24.2 Å². The lowest BCUT2D eigenvalue weighted by molar-refractivity contribution is -0.121. The van der Waals surface area contributed by atoms with E-state index in [4.69, 9.17) is 0 Å². The van der Waals surface area contributed by atoms with Gasteiger partial charge in [0.1, 0.15) is 0 Å². The van der Waals surface area contributed by atoms with Crippen molar-refractivity contribution < 1.29 is 14.4 Å². The van der Waals surface area contributed by atoms with Crippen LogP contribution in [0.25, 0.3) is 0 Å². The van der Waals surface area contributed by atoms with Gasteiger partial charge in [0.05, 0.1) is 11.1 Å². The van der Waals surface area contributed by atoms with Crippen molar-refractivity contribution in [3.63, 3.8) is 0 Å². The lowest BCUT2D eigenvalue weighted by atomic mass is 10.1. The Bertz CT molecular complexity index is 933. The Balaban J connectivity index is 1.48. The van der Waals surface area contributed by atoms with Crippen LogP contribution in [-0.4, -0.2) is 47.2 Å². The summed E-state index contributed by atoms with van der Waals surface area (Å²) in [6, 6.07) is 13.4. The summed E-state index contributed by atoms with van der Waals surface area (Å²) >= 11 is 0. The van der Waals surface area contributed by atoms with Crippen LogP contribution >= 0.6 is 0 Å². The second-order valence-electron chi connectivity index (χ2n) is 7.62. The number of carbonyl (C=O) groups excluding carboxylic acids is 3. The fourth-order valence-corrected chi connectivity index (χ4v) is 3.58. The molecule has 158 valence electrons. The molecule has 3 rings (SSSR count). The number of hydrogen-bond acceptors (Lipinski definition) is 4. The zero-order chi connectivity index (χ0) is 21.7. The quantitative estimate of drug-likeness (QED) is 0.649. The number of nitrogens with zero attached hydrogens (tertiary/aromatic N) is 2. The first-order valence-corrected chi connectivity index (χ1v) is 10.5. The third-order valence-electron chi connectivity index (χ3n) is 5.50. The molecule has 6 nitrogen and oxygen atoms in total. The summed E-state index contributed by atoms with van der Waals surface area (Å²) in [6.45, 7) is 9.63. The molecule has 6 heteroatoms. The molecule has 1 heterocycles. The SMILES string of the molecule is CCN(CC)Cc1ccc(CNC(=O)CCN2C(=O)c3ccc(C)cc3C2=O)cc1. The van der Waals surface area contributed by atoms with Gasteiger partial charge in [-0.05, 0) is 43.3 Å². The molecule has 0 saturated carbocycles. The number of benzene rings is 2. The van der Waals surface area contributed by atoms with E-state index < -0.39 is 0 Å². The smallest absolute Gasteiger partial charge is 0.261 e. The van der Waals surface area contributed by atoms with Crippen LogP contribution in [0.2, 0.25) is 0 Å². The number of amides is 3. The van der Waals surface area contributed by atoms with E-state index in [0.29, 0.717) is 17.7 Å². The standard InChI is InChI=1S/C24H29N3O3/c1-4-26(5-2)16-19-9-7-18(8-10-19)15-25-22(28)12-13-27-23(29)20-11-6-17(3)14-21(20)24(27)30/h6-11,14H,4-5,12-13,15-16H2,1-3H3,(H,25,28). The molecule has 1 aliphatic rings. The van der Waals surface area contributed by atoms with Crippen LogP contribution in [0.15, 0.2) is 42.5 Å². The maximum absolute atomic E-state index is 12.5. The number of carbonyl (C=O) groups is 3. The molecule has 2 aromatic carbocycles. The molecular weight excluding hydrogens is 378 g/mol. The first-order chi connectivity index (χ1) is 14.4. The molecule has 0 aromatic heterocycles. The van der Waals surface area contributed by atoms with Gasteiger partial charge >= 0.3 is 0 Å². The maximum atomic E-state index is 12.5. The number of fused-ring (bicyclic) bond motifs is 1. The Kier molecular flexibility index (Phi) is 7.00. The zero-order valence-electron chi connectivity index (χ0n) is 17.9. The Morgan fingerprint density at radius 2 is 1.57 bits per heavy atom. The predicted molar refractivity (Wildman–Crippen MR) is 116 cm³/mol. The molecule has 0 atom stereocenters. The molecule has 2 aromatic rings. The van der Waals surface area contributed by atoms with Gasteiger partial charge in [0.2, 0.25) is 5.91 Å². The van der Waals surface area contributed by atoms with E-state index in [1.54, 1.807) is 12.1 Å². The number of aryl methyl sites for hydroxylation is 1. The molecule has 1 N–H and O–H groups in total. The Morgan fingerprint density at radius 1 is 0.933 bits per heavy atom. The third kappa shape index (κ3) is 4.94. The highest BCUT2D eigenvalue weighted by molar-refractivity contribution is 6.21. The monoisotopic (exact) mass is 407 g/mol. The molecule has 3 amide bonds.